The van der Waals surface area contributed by atoms with Crippen LogP contribution in [0.4, 0.5) is 5.13 Å². The van der Waals surface area contributed by atoms with Crippen LogP contribution in [-0.4, -0.2) is 42.4 Å². The van der Waals surface area contributed by atoms with Gasteiger partial charge in [-0.2, -0.15) is 0 Å². The number of rotatable bonds is 6. The van der Waals surface area contributed by atoms with Crippen LogP contribution in [0.15, 0.2) is 0 Å². The summed E-state index contributed by atoms with van der Waals surface area (Å²) in [4.78, 5) is 2.18. The Morgan fingerprint density at radius 3 is 2.86 bits per heavy atom. The molecule has 0 saturated heterocycles. The van der Waals surface area contributed by atoms with Crippen molar-refractivity contribution in [2.24, 2.45) is 0 Å². The molecule has 0 aliphatic heterocycles. The maximum Gasteiger partial charge on any atom is 0.203 e. The quantitative estimate of drug-likeness (QED) is 0.705. The minimum Gasteiger partial charge on any atom is -0.385 e. The van der Waals surface area contributed by atoms with Gasteiger partial charge in [0.25, 0.3) is 0 Å². The summed E-state index contributed by atoms with van der Waals surface area (Å²) < 4.78 is 4.97. The Labute approximate surface area is 87.9 Å². The Morgan fingerprint density at radius 1 is 1.50 bits per heavy atom. The molecule has 0 aromatic carbocycles. The van der Waals surface area contributed by atoms with Crippen LogP contribution in [0.5, 0.6) is 0 Å². The van der Waals surface area contributed by atoms with Crippen molar-refractivity contribution in [1.82, 2.24) is 15.1 Å². The van der Waals surface area contributed by atoms with E-state index in [4.69, 9.17) is 10.5 Å². The molecule has 1 rings (SSSR count). The normalized spacial score (nSPS) is 11.1. The molecule has 5 nitrogen and oxygen atoms in total. The SMILES string of the molecule is COCCCN(C)Cc1nnc(N)s1. The second kappa shape index (κ2) is 5.90. The first kappa shape index (κ1) is 11.4. The fraction of sp³-hybridized carbons (Fsp3) is 0.750. The van der Waals surface area contributed by atoms with E-state index in [1.165, 1.54) is 11.3 Å². The van der Waals surface area contributed by atoms with Gasteiger partial charge in [-0.05, 0) is 13.5 Å². The zero-order valence-corrected chi connectivity index (χ0v) is 9.38. The molecule has 1 aromatic rings. The summed E-state index contributed by atoms with van der Waals surface area (Å²) in [5.74, 6) is 0. The summed E-state index contributed by atoms with van der Waals surface area (Å²) in [5, 5.41) is 9.21. The van der Waals surface area contributed by atoms with Gasteiger partial charge >= 0.3 is 0 Å². The van der Waals surface area contributed by atoms with Crippen molar-refractivity contribution < 1.29 is 4.74 Å². The number of ether oxygens (including phenoxy) is 1. The molecule has 0 amide bonds. The van der Waals surface area contributed by atoms with Crippen LogP contribution in [-0.2, 0) is 11.3 Å². The molecule has 0 saturated carbocycles. The summed E-state index contributed by atoms with van der Waals surface area (Å²) in [6.07, 6.45) is 1.03. The Bertz CT molecular complexity index is 266. The molecule has 0 unspecified atom stereocenters. The lowest BCUT2D eigenvalue weighted by Crippen LogP contribution is -2.20. The number of nitrogen functional groups attached to an aromatic ring is 1. The zero-order valence-electron chi connectivity index (χ0n) is 8.56. The standard InChI is InChI=1S/C8H16N4OS/c1-12(4-3-5-13-2)6-7-10-11-8(9)14-7/h3-6H2,1-2H3,(H2,9,11). The summed E-state index contributed by atoms with van der Waals surface area (Å²) in [6.45, 7) is 2.59. The lowest BCUT2D eigenvalue weighted by molar-refractivity contribution is 0.178. The van der Waals surface area contributed by atoms with Crippen molar-refractivity contribution in [1.29, 1.82) is 0 Å². The Kier molecular flexibility index (Phi) is 4.78. The molecule has 0 fully saturated rings. The van der Waals surface area contributed by atoms with E-state index >= 15 is 0 Å². The average molecular weight is 216 g/mol. The summed E-state index contributed by atoms with van der Waals surface area (Å²) in [5.41, 5.74) is 5.48. The first-order valence-corrected chi connectivity index (χ1v) is 5.29. The van der Waals surface area contributed by atoms with Gasteiger partial charge in [-0.3, -0.25) is 4.90 Å². The van der Waals surface area contributed by atoms with E-state index in [-0.39, 0.29) is 0 Å². The van der Waals surface area contributed by atoms with Crippen molar-refractivity contribution >= 4 is 16.5 Å². The van der Waals surface area contributed by atoms with Gasteiger partial charge in [0.1, 0.15) is 5.01 Å². The van der Waals surface area contributed by atoms with E-state index in [0.717, 1.165) is 31.1 Å². The van der Waals surface area contributed by atoms with Gasteiger partial charge in [0.2, 0.25) is 5.13 Å². The van der Waals surface area contributed by atoms with Crippen LogP contribution < -0.4 is 5.73 Å². The summed E-state index contributed by atoms with van der Waals surface area (Å²) in [6, 6.07) is 0. The van der Waals surface area contributed by atoms with Gasteiger partial charge in [0, 0.05) is 20.3 Å². The van der Waals surface area contributed by atoms with E-state index in [0.29, 0.717) is 5.13 Å². The van der Waals surface area contributed by atoms with Crippen LogP contribution in [0.1, 0.15) is 11.4 Å². The van der Waals surface area contributed by atoms with E-state index in [2.05, 4.69) is 15.1 Å². The van der Waals surface area contributed by atoms with E-state index < -0.39 is 0 Å². The van der Waals surface area contributed by atoms with Crippen LogP contribution in [0.2, 0.25) is 0 Å². The molecule has 80 valence electrons. The van der Waals surface area contributed by atoms with Crippen molar-refractivity contribution in [2.75, 3.05) is 33.0 Å². The predicted octanol–water partition coefficient (Wildman–Crippen LogP) is 0.589. The molecule has 14 heavy (non-hydrogen) atoms. The Balaban J connectivity index is 2.23. The molecule has 1 aromatic heterocycles. The lowest BCUT2D eigenvalue weighted by Gasteiger charge is -2.13. The van der Waals surface area contributed by atoms with Crippen molar-refractivity contribution in [3.8, 4) is 0 Å². The third kappa shape index (κ3) is 3.99. The second-order valence-corrected chi connectivity index (χ2v) is 4.21. The number of hydrogen-bond donors (Lipinski definition) is 1. The fourth-order valence-electron chi connectivity index (χ4n) is 1.12. The highest BCUT2D eigenvalue weighted by Gasteiger charge is 2.04. The van der Waals surface area contributed by atoms with Gasteiger partial charge in [-0.1, -0.05) is 11.3 Å². The van der Waals surface area contributed by atoms with Crippen molar-refractivity contribution in [3.05, 3.63) is 5.01 Å². The average Bonchev–Trinajstić information content (AvgIpc) is 2.52. The lowest BCUT2D eigenvalue weighted by atomic mass is 10.4. The van der Waals surface area contributed by atoms with E-state index in [1.54, 1.807) is 7.11 Å². The molecule has 0 radical (unpaired) electrons. The first-order valence-electron chi connectivity index (χ1n) is 4.47. The Morgan fingerprint density at radius 2 is 2.29 bits per heavy atom. The van der Waals surface area contributed by atoms with Gasteiger partial charge in [-0.15, -0.1) is 10.2 Å². The van der Waals surface area contributed by atoms with E-state index in [9.17, 15) is 0 Å². The number of anilines is 1. The zero-order chi connectivity index (χ0) is 10.4. The maximum atomic E-state index is 5.48. The highest BCUT2D eigenvalue weighted by atomic mass is 32.1. The molecule has 1 heterocycles. The first-order chi connectivity index (χ1) is 6.72. The number of methoxy groups -OCH3 is 1. The van der Waals surface area contributed by atoms with Crippen LogP contribution in [0.3, 0.4) is 0 Å². The summed E-state index contributed by atoms with van der Waals surface area (Å²) >= 11 is 1.44. The van der Waals surface area contributed by atoms with Crippen LogP contribution >= 0.6 is 11.3 Å². The molecule has 2 N–H and O–H groups in total. The number of nitrogens with zero attached hydrogens (tertiary/aromatic N) is 3. The maximum absolute atomic E-state index is 5.48. The number of aromatic nitrogens is 2. The minimum atomic E-state index is 0.533. The van der Waals surface area contributed by atoms with Crippen LogP contribution in [0, 0.1) is 0 Å². The van der Waals surface area contributed by atoms with Gasteiger partial charge in [-0.25, -0.2) is 0 Å². The number of hydrogen-bond acceptors (Lipinski definition) is 6. The van der Waals surface area contributed by atoms with E-state index in [1.807, 2.05) is 7.05 Å². The highest BCUT2D eigenvalue weighted by molar-refractivity contribution is 7.15. The molecule has 0 bridgehead atoms. The fourth-order valence-corrected chi connectivity index (χ4v) is 1.81. The molecule has 0 aliphatic carbocycles. The third-order valence-corrected chi connectivity index (χ3v) is 2.51. The molecule has 0 aliphatic rings. The summed E-state index contributed by atoms with van der Waals surface area (Å²) in [7, 11) is 3.76. The van der Waals surface area contributed by atoms with Gasteiger partial charge in [0.05, 0.1) is 6.54 Å². The van der Waals surface area contributed by atoms with Crippen LogP contribution in [0.25, 0.3) is 0 Å². The largest absolute Gasteiger partial charge is 0.385 e. The third-order valence-electron chi connectivity index (χ3n) is 1.78. The Hall–Kier alpha value is -0.720. The highest BCUT2D eigenvalue weighted by Crippen LogP contribution is 2.12. The van der Waals surface area contributed by atoms with Crippen molar-refractivity contribution in [3.63, 3.8) is 0 Å². The molecular weight excluding hydrogens is 200 g/mol. The smallest absolute Gasteiger partial charge is 0.203 e. The topological polar surface area (TPSA) is 64.3 Å². The monoisotopic (exact) mass is 216 g/mol. The minimum absolute atomic E-state index is 0.533. The second-order valence-electron chi connectivity index (χ2n) is 3.12. The molecular formula is C8H16N4OS. The predicted molar refractivity (Wildman–Crippen MR) is 57.1 cm³/mol. The van der Waals surface area contributed by atoms with Gasteiger partial charge < -0.3 is 10.5 Å². The van der Waals surface area contributed by atoms with Crippen molar-refractivity contribution in [2.45, 2.75) is 13.0 Å². The number of nitrogens with two attached hydrogens (primary N) is 1. The molecule has 0 spiro atoms. The molecule has 6 heteroatoms. The van der Waals surface area contributed by atoms with Gasteiger partial charge in [0.15, 0.2) is 0 Å². The molecule has 0 atom stereocenters.